The van der Waals surface area contributed by atoms with E-state index in [1.54, 1.807) is 19.5 Å². The number of amides is 1. The lowest BCUT2D eigenvalue weighted by Crippen LogP contribution is -2.49. The third-order valence-corrected chi connectivity index (χ3v) is 6.03. The van der Waals surface area contributed by atoms with Crippen molar-refractivity contribution in [1.82, 2.24) is 30.1 Å². The van der Waals surface area contributed by atoms with Crippen molar-refractivity contribution in [3.63, 3.8) is 0 Å². The number of nitrogens with zero attached hydrogens (tertiary/aromatic N) is 6. The Hall–Kier alpha value is -3.40. The molecule has 3 aromatic heterocycles. The molecule has 1 saturated carbocycles. The van der Waals surface area contributed by atoms with E-state index < -0.39 is 0 Å². The molecule has 1 aliphatic carbocycles. The average Bonchev–Trinajstić information content (AvgIpc) is 3.34. The lowest BCUT2D eigenvalue weighted by Gasteiger charge is -2.38. The number of anilines is 2. The monoisotopic (exact) mass is 420 g/mol. The summed E-state index contributed by atoms with van der Waals surface area (Å²) in [5, 5.41) is 9.88. The normalized spacial score (nSPS) is 21.0. The van der Waals surface area contributed by atoms with Crippen LogP contribution in [0.4, 0.5) is 11.6 Å². The van der Waals surface area contributed by atoms with Gasteiger partial charge in [0.25, 0.3) is 0 Å². The molecule has 5 rings (SSSR count). The van der Waals surface area contributed by atoms with Crippen LogP contribution in [0.25, 0.3) is 22.8 Å². The van der Waals surface area contributed by atoms with Gasteiger partial charge in [0.1, 0.15) is 12.0 Å². The van der Waals surface area contributed by atoms with Gasteiger partial charge in [-0.15, -0.1) is 0 Å². The minimum absolute atomic E-state index is 0.0228. The third-order valence-electron chi connectivity index (χ3n) is 6.03. The van der Waals surface area contributed by atoms with Crippen LogP contribution >= 0.6 is 0 Å². The molecule has 160 valence electrons. The van der Waals surface area contributed by atoms with Crippen molar-refractivity contribution < 1.29 is 9.53 Å². The topological polar surface area (TPSA) is 122 Å². The Morgan fingerprint density at radius 3 is 2.65 bits per heavy atom. The summed E-state index contributed by atoms with van der Waals surface area (Å²) in [7, 11) is 1.75. The first-order chi connectivity index (χ1) is 15.1. The van der Waals surface area contributed by atoms with Crippen molar-refractivity contribution in [2.45, 2.75) is 44.8 Å². The summed E-state index contributed by atoms with van der Waals surface area (Å²) in [6.07, 6.45) is 8.92. The summed E-state index contributed by atoms with van der Waals surface area (Å²) in [5.41, 5.74) is 3.20. The van der Waals surface area contributed by atoms with Crippen molar-refractivity contribution in [1.29, 1.82) is 0 Å². The molecule has 10 heteroatoms. The van der Waals surface area contributed by atoms with Crippen LogP contribution in [0.15, 0.2) is 24.8 Å². The molecule has 0 atom stereocenters. The zero-order valence-corrected chi connectivity index (χ0v) is 17.5. The Morgan fingerprint density at radius 2 is 1.94 bits per heavy atom. The number of carbonyl (C=O) groups excluding carboxylic acids is 1. The number of fused-ring (bicyclic) bond motifs is 1. The van der Waals surface area contributed by atoms with Gasteiger partial charge >= 0.3 is 0 Å². The Bertz CT molecular complexity index is 1090. The van der Waals surface area contributed by atoms with E-state index >= 15 is 0 Å². The number of hydrogen-bond acceptors (Lipinski definition) is 8. The Balaban J connectivity index is 1.48. The summed E-state index contributed by atoms with van der Waals surface area (Å²) >= 11 is 0. The van der Waals surface area contributed by atoms with Crippen molar-refractivity contribution in [2.75, 3.05) is 23.9 Å². The van der Waals surface area contributed by atoms with Crippen molar-refractivity contribution in [2.24, 2.45) is 0 Å². The zero-order valence-electron chi connectivity index (χ0n) is 17.5. The second-order valence-electron chi connectivity index (χ2n) is 7.92. The quantitative estimate of drug-likeness (QED) is 0.660. The van der Waals surface area contributed by atoms with Crippen molar-refractivity contribution in [3.05, 3.63) is 30.4 Å². The van der Waals surface area contributed by atoms with Crippen molar-refractivity contribution in [3.8, 4) is 22.8 Å². The molecule has 0 spiro atoms. The molecule has 0 radical (unpaired) electrons. The van der Waals surface area contributed by atoms with E-state index in [0.717, 1.165) is 36.8 Å². The Kier molecular flexibility index (Phi) is 5.06. The maximum absolute atomic E-state index is 12.8. The third kappa shape index (κ3) is 3.63. The maximum atomic E-state index is 12.8. The number of pyridine rings is 1. The molecule has 1 amide bonds. The van der Waals surface area contributed by atoms with Gasteiger partial charge in [0.05, 0.1) is 24.5 Å². The molecule has 10 nitrogen and oxygen atoms in total. The van der Waals surface area contributed by atoms with Gasteiger partial charge in [-0.3, -0.25) is 19.8 Å². The number of ether oxygens (including phenoxy) is 1. The predicted octanol–water partition coefficient (Wildman–Crippen LogP) is 2.35. The van der Waals surface area contributed by atoms with Crippen LogP contribution in [0.1, 0.15) is 31.2 Å². The van der Waals surface area contributed by atoms with Gasteiger partial charge in [-0.1, -0.05) is 0 Å². The van der Waals surface area contributed by atoms with Gasteiger partial charge in [0.2, 0.25) is 5.91 Å². The number of carbonyl (C=O) groups is 1. The molecule has 1 aliphatic heterocycles. The molecule has 0 aromatic carbocycles. The molecule has 31 heavy (non-hydrogen) atoms. The van der Waals surface area contributed by atoms with E-state index in [4.69, 9.17) is 9.72 Å². The molecule has 4 heterocycles. The second-order valence-corrected chi connectivity index (χ2v) is 7.92. The first-order valence-corrected chi connectivity index (χ1v) is 10.4. The highest BCUT2D eigenvalue weighted by Gasteiger charge is 2.35. The standard InChI is InChI=1S/C21H24N8O2/c1-12-7-16(19-25-11-26-28-19)22-8-15(12)17-9-23-20-21(27-17)29(18(30)10-24-20)13-3-5-14(31-2)6-4-13/h7-9,11,13-14H,3-6,10H2,1-2H3,(H,23,24)(H,25,26,28)/t13-,14-. The first-order valence-electron chi connectivity index (χ1n) is 10.4. The van der Waals surface area contributed by atoms with Crippen LogP contribution in [0.5, 0.6) is 0 Å². The van der Waals surface area contributed by atoms with Crippen LogP contribution in [-0.2, 0) is 9.53 Å². The summed E-state index contributed by atoms with van der Waals surface area (Å²) in [6.45, 7) is 2.22. The van der Waals surface area contributed by atoms with E-state index in [9.17, 15) is 4.79 Å². The summed E-state index contributed by atoms with van der Waals surface area (Å²) in [5.74, 6) is 1.79. The summed E-state index contributed by atoms with van der Waals surface area (Å²) in [4.78, 5) is 32.7. The molecule has 2 N–H and O–H groups in total. The second kappa shape index (κ2) is 8.03. The molecule has 1 fully saturated rings. The lowest BCUT2D eigenvalue weighted by atomic mass is 9.91. The molecule has 0 bridgehead atoms. The van der Waals surface area contributed by atoms with Crippen LogP contribution in [0.2, 0.25) is 0 Å². The number of methoxy groups -OCH3 is 1. The van der Waals surface area contributed by atoms with Crippen LogP contribution in [0, 0.1) is 6.92 Å². The van der Waals surface area contributed by atoms with E-state index in [1.807, 2.05) is 17.9 Å². The van der Waals surface area contributed by atoms with E-state index in [2.05, 4.69) is 30.5 Å². The van der Waals surface area contributed by atoms with E-state index in [0.29, 0.717) is 28.8 Å². The van der Waals surface area contributed by atoms with Crippen molar-refractivity contribution >= 4 is 17.5 Å². The number of nitrogens with one attached hydrogen (secondary N) is 2. The van der Waals surface area contributed by atoms with Gasteiger partial charge in [0, 0.05) is 24.9 Å². The molecule has 0 saturated heterocycles. The van der Waals surface area contributed by atoms with E-state index in [-0.39, 0.29) is 24.6 Å². The summed E-state index contributed by atoms with van der Waals surface area (Å²) in [6, 6.07) is 2.03. The van der Waals surface area contributed by atoms with Crippen LogP contribution < -0.4 is 10.2 Å². The highest BCUT2D eigenvalue weighted by molar-refractivity contribution is 6.01. The van der Waals surface area contributed by atoms with Gasteiger partial charge in [0.15, 0.2) is 17.5 Å². The number of aromatic amines is 1. The highest BCUT2D eigenvalue weighted by Crippen LogP contribution is 2.35. The number of aromatic nitrogens is 6. The molecule has 0 unspecified atom stereocenters. The highest BCUT2D eigenvalue weighted by atomic mass is 16.5. The van der Waals surface area contributed by atoms with Gasteiger partial charge in [-0.2, -0.15) is 5.10 Å². The van der Waals surface area contributed by atoms with Gasteiger partial charge in [-0.05, 0) is 44.2 Å². The SMILES string of the molecule is CO[C@H]1CC[C@H](N2C(=O)CNc3ncc(-c4cnc(-c5nc[nH]n5)cc4C)nc32)CC1. The van der Waals surface area contributed by atoms with Gasteiger partial charge < -0.3 is 10.1 Å². The zero-order chi connectivity index (χ0) is 21.4. The predicted molar refractivity (Wildman–Crippen MR) is 114 cm³/mol. The molecular weight excluding hydrogens is 396 g/mol. The molecular formula is C21H24N8O2. The summed E-state index contributed by atoms with van der Waals surface area (Å²) < 4.78 is 5.49. The number of hydrogen-bond donors (Lipinski definition) is 2. The fourth-order valence-electron chi connectivity index (χ4n) is 4.36. The lowest BCUT2D eigenvalue weighted by molar-refractivity contribution is -0.118. The van der Waals surface area contributed by atoms with Crippen LogP contribution in [-0.4, -0.2) is 61.8 Å². The average molecular weight is 420 g/mol. The fraction of sp³-hybridized carbons (Fsp3) is 0.429. The Morgan fingerprint density at radius 1 is 1.10 bits per heavy atom. The van der Waals surface area contributed by atoms with Gasteiger partial charge in [-0.25, -0.2) is 15.0 Å². The number of H-pyrrole nitrogens is 1. The largest absolute Gasteiger partial charge is 0.381 e. The fourth-order valence-corrected chi connectivity index (χ4v) is 4.36. The minimum atomic E-state index is 0.0228. The molecule has 2 aliphatic rings. The van der Waals surface area contributed by atoms with Crippen LogP contribution in [0.3, 0.4) is 0 Å². The smallest absolute Gasteiger partial charge is 0.247 e. The first kappa shape index (κ1) is 19.6. The molecule has 3 aromatic rings. The number of rotatable bonds is 4. The maximum Gasteiger partial charge on any atom is 0.247 e. The minimum Gasteiger partial charge on any atom is -0.381 e. The van der Waals surface area contributed by atoms with E-state index in [1.165, 1.54) is 6.33 Å². The number of aryl methyl sites for hydroxylation is 1. The Labute approximate surface area is 179 Å².